The van der Waals surface area contributed by atoms with E-state index < -0.39 is 10.0 Å². The first-order valence-electron chi connectivity index (χ1n) is 8.79. The number of piperidine rings is 1. The van der Waals surface area contributed by atoms with Gasteiger partial charge in [-0.2, -0.15) is 0 Å². The molecule has 144 valence electrons. The molecule has 0 amide bonds. The number of unbranched alkanes of at least 4 members (excludes halogenated alkanes) is 2. The Kier molecular flexibility index (Phi) is 12.2. The topological polar surface area (TPSA) is 73.8 Å². The standard InChI is InChI=1S/C16H34N4O2S.HI/c1-5-6-7-8-14(2)19-16(17-3)18-13-15-9-11-20(12-10-15)23(4,21)22;/h14-15H,5-13H2,1-4H3,(H2,17,18,19);1H. The molecular weight excluding hydrogens is 439 g/mol. The number of rotatable bonds is 8. The van der Waals surface area contributed by atoms with Crippen LogP contribution in [0, 0.1) is 5.92 Å². The molecule has 0 aromatic rings. The van der Waals surface area contributed by atoms with Crippen molar-refractivity contribution in [3.8, 4) is 0 Å². The molecule has 1 saturated heterocycles. The van der Waals surface area contributed by atoms with Crippen LogP contribution in [-0.2, 0) is 10.0 Å². The smallest absolute Gasteiger partial charge is 0.211 e. The molecule has 1 unspecified atom stereocenters. The lowest BCUT2D eigenvalue weighted by Crippen LogP contribution is -2.46. The molecule has 1 fully saturated rings. The number of halogens is 1. The summed E-state index contributed by atoms with van der Waals surface area (Å²) >= 11 is 0. The number of nitrogens with one attached hydrogen (secondary N) is 2. The summed E-state index contributed by atoms with van der Waals surface area (Å²) in [6.07, 6.45) is 8.01. The Morgan fingerprint density at radius 2 is 1.92 bits per heavy atom. The van der Waals surface area contributed by atoms with Crippen LogP contribution in [0.15, 0.2) is 4.99 Å². The van der Waals surface area contributed by atoms with E-state index >= 15 is 0 Å². The largest absolute Gasteiger partial charge is 0.356 e. The van der Waals surface area contributed by atoms with Crippen molar-refractivity contribution in [3.63, 3.8) is 0 Å². The molecular formula is C16H35IN4O2S. The predicted octanol–water partition coefficient (Wildman–Crippen LogP) is 2.41. The number of hydrogen-bond acceptors (Lipinski definition) is 3. The van der Waals surface area contributed by atoms with Crippen LogP contribution in [0.4, 0.5) is 0 Å². The van der Waals surface area contributed by atoms with Gasteiger partial charge >= 0.3 is 0 Å². The third-order valence-corrected chi connectivity index (χ3v) is 5.75. The monoisotopic (exact) mass is 474 g/mol. The van der Waals surface area contributed by atoms with Crippen molar-refractivity contribution in [2.45, 2.75) is 58.4 Å². The number of guanidine groups is 1. The zero-order valence-electron chi connectivity index (χ0n) is 15.5. The van der Waals surface area contributed by atoms with E-state index in [9.17, 15) is 8.42 Å². The zero-order chi connectivity index (χ0) is 17.3. The van der Waals surface area contributed by atoms with Crippen molar-refractivity contribution in [1.82, 2.24) is 14.9 Å². The lowest BCUT2D eigenvalue weighted by molar-refractivity contribution is 0.274. The van der Waals surface area contributed by atoms with Gasteiger partial charge in [0.05, 0.1) is 6.26 Å². The molecule has 1 aliphatic heterocycles. The minimum Gasteiger partial charge on any atom is -0.356 e. The van der Waals surface area contributed by atoms with Crippen LogP contribution in [-0.4, -0.2) is 57.7 Å². The third-order valence-electron chi connectivity index (χ3n) is 4.45. The average molecular weight is 474 g/mol. The SMILES string of the molecule is CCCCCC(C)NC(=NC)NCC1CCN(S(C)(=O)=O)CC1.I. The fraction of sp³-hybridized carbons (Fsp3) is 0.938. The van der Waals surface area contributed by atoms with Crippen LogP contribution in [0.1, 0.15) is 52.4 Å². The van der Waals surface area contributed by atoms with E-state index in [0.717, 1.165) is 31.8 Å². The third kappa shape index (κ3) is 9.41. The van der Waals surface area contributed by atoms with Gasteiger partial charge in [0, 0.05) is 32.7 Å². The van der Waals surface area contributed by atoms with Crippen molar-refractivity contribution >= 4 is 40.0 Å². The maximum atomic E-state index is 11.5. The molecule has 0 aromatic heterocycles. The Balaban J connectivity index is 0.00000529. The van der Waals surface area contributed by atoms with Gasteiger partial charge in [-0.1, -0.05) is 26.2 Å². The van der Waals surface area contributed by atoms with Crippen molar-refractivity contribution in [2.75, 3.05) is 32.9 Å². The van der Waals surface area contributed by atoms with Gasteiger partial charge in [0.2, 0.25) is 10.0 Å². The van der Waals surface area contributed by atoms with Crippen molar-refractivity contribution in [1.29, 1.82) is 0 Å². The Bertz CT molecular complexity index is 463. The molecule has 0 bridgehead atoms. The molecule has 8 heteroatoms. The first kappa shape index (κ1) is 23.9. The van der Waals surface area contributed by atoms with Crippen LogP contribution < -0.4 is 10.6 Å². The van der Waals surface area contributed by atoms with Gasteiger partial charge in [-0.25, -0.2) is 12.7 Å². The van der Waals surface area contributed by atoms with Gasteiger partial charge in [0.25, 0.3) is 0 Å². The number of hydrogen-bond donors (Lipinski definition) is 2. The highest BCUT2D eigenvalue weighted by Gasteiger charge is 2.24. The molecule has 24 heavy (non-hydrogen) atoms. The summed E-state index contributed by atoms with van der Waals surface area (Å²) in [7, 11) is -1.24. The zero-order valence-corrected chi connectivity index (χ0v) is 18.7. The number of sulfonamides is 1. The summed E-state index contributed by atoms with van der Waals surface area (Å²) in [4.78, 5) is 4.28. The summed E-state index contributed by atoms with van der Waals surface area (Å²) in [5, 5.41) is 6.82. The van der Waals surface area contributed by atoms with Crippen molar-refractivity contribution in [3.05, 3.63) is 0 Å². The van der Waals surface area contributed by atoms with Crippen LogP contribution in [0.5, 0.6) is 0 Å². The highest BCUT2D eigenvalue weighted by atomic mass is 127. The molecule has 1 heterocycles. The van der Waals surface area contributed by atoms with E-state index in [1.165, 1.54) is 25.5 Å². The van der Waals surface area contributed by atoms with Gasteiger partial charge in [-0.3, -0.25) is 4.99 Å². The Labute approximate surface area is 165 Å². The molecule has 0 saturated carbocycles. The Morgan fingerprint density at radius 3 is 2.42 bits per heavy atom. The van der Waals surface area contributed by atoms with Crippen molar-refractivity contribution < 1.29 is 8.42 Å². The second-order valence-corrected chi connectivity index (χ2v) is 8.58. The lowest BCUT2D eigenvalue weighted by atomic mass is 9.98. The molecule has 1 atom stereocenters. The highest BCUT2D eigenvalue weighted by molar-refractivity contribution is 14.0. The summed E-state index contributed by atoms with van der Waals surface area (Å²) < 4.78 is 24.6. The second kappa shape index (κ2) is 12.3. The normalized spacial score (nSPS) is 18.8. The highest BCUT2D eigenvalue weighted by Crippen LogP contribution is 2.18. The predicted molar refractivity (Wildman–Crippen MR) is 113 cm³/mol. The average Bonchev–Trinajstić information content (AvgIpc) is 2.51. The van der Waals surface area contributed by atoms with Gasteiger partial charge in [-0.05, 0) is 32.1 Å². The maximum absolute atomic E-state index is 11.5. The Hall–Kier alpha value is -0.0900. The number of nitrogens with zero attached hydrogens (tertiary/aromatic N) is 2. The number of aliphatic imine (C=N–C) groups is 1. The van der Waals surface area contributed by atoms with E-state index in [4.69, 9.17) is 0 Å². The first-order chi connectivity index (χ1) is 10.9. The minimum absolute atomic E-state index is 0. The summed E-state index contributed by atoms with van der Waals surface area (Å²) in [6.45, 7) is 6.51. The molecule has 0 spiro atoms. The van der Waals surface area contributed by atoms with Gasteiger partial charge in [0.1, 0.15) is 0 Å². The van der Waals surface area contributed by atoms with Crippen molar-refractivity contribution in [2.24, 2.45) is 10.9 Å². The molecule has 1 aliphatic rings. The lowest BCUT2D eigenvalue weighted by Gasteiger charge is -2.30. The van der Waals surface area contributed by atoms with Gasteiger partial charge in [0.15, 0.2) is 5.96 Å². The van der Waals surface area contributed by atoms with Gasteiger partial charge in [-0.15, -0.1) is 24.0 Å². The Morgan fingerprint density at radius 1 is 1.29 bits per heavy atom. The van der Waals surface area contributed by atoms with Gasteiger partial charge < -0.3 is 10.6 Å². The summed E-state index contributed by atoms with van der Waals surface area (Å²) in [6, 6.07) is 0.417. The van der Waals surface area contributed by atoms with E-state index in [2.05, 4.69) is 29.5 Å². The molecule has 0 aromatic carbocycles. The molecule has 1 rings (SSSR count). The summed E-state index contributed by atoms with van der Waals surface area (Å²) in [5.74, 6) is 1.35. The molecule has 2 N–H and O–H groups in total. The van der Waals surface area contributed by atoms with Crippen LogP contribution in [0.2, 0.25) is 0 Å². The first-order valence-corrected chi connectivity index (χ1v) is 10.6. The molecule has 0 radical (unpaired) electrons. The minimum atomic E-state index is -3.04. The molecule has 6 nitrogen and oxygen atoms in total. The van der Waals surface area contributed by atoms with E-state index in [1.54, 1.807) is 11.4 Å². The van der Waals surface area contributed by atoms with Crippen LogP contribution >= 0.6 is 24.0 Å². The summed E-state index contributed by atoms with van der Waals surface area (Å²) in [5.41, 5.74) is 0. The molecule has 0 aliphatic carbocycles. The van der Waals surface area contributed by atoms with E-state index in [1.807, 2.05) is 0 Å². The van der Waals surface area contributed by atoms with E-state index in [0.29, 0.717) is 25.0 Å². The maximum Gasteiger partial charge on any atom is 0.211 e. The fourth-order valence-corrected chi connectivity index (χ4v) is 3.76. The van der Waals surface area contributed by atoms with Crippen LogP contribution in [0.25, 0.3) is 0 Å². The van der Waals surface area contributed by atoms with Crippen LogP contribution in [0.3, 0.4) is 0 Å². The van der Waals surface area contributed by atoms with E-state index in [-0.39, 0.29) is 24.0 Å². The fourth-order valence-electron chi connectivity index (χ4n) is 2.89. The second-order valence-electron chi connectivity index (χ2n) is 6.60. The quantitative estimate of drug-likeness (QED) is 0.245.